The molecule has 4 heteroatoms. The SMILES string of the molecule is Cl.Cl.[CH3][Al][CH3].[NaH]. The Morgan fingerprint density at radius 2 is 1.00 bits per heavy atom. The van der Waals surface area contributed by atoms with Gasteiger partial charge in [0.2, 0.25) is 0 Å². The molecule has 0 aliphatic rings. The third-order valence-electron chi connectivity index (χ3n) is 0. The average molecular weight is 154 g/mol. The van der Waals surface area contributed by atoms with E-state index in [0.29, 0.717) is 0 Å². The summed E-state index contributed by atoms with van der Waals surface area (Å²) < 4.78 is 0. The minimum absolute atomic E-state index is 0. The van der Waals surface area contributed by atoms with E-state index in [1.54, 1.807) is 0 Å². The van der Waals surface area contributed by atoms with Crippen molar-refractivity contribution in [2.24, 2.45) is 0 Å². The van der Waals surface area contributed by atoms with Crippen LogP contribution in [-0.4, -0.2) is 44.8 Å². The summed E-state index contributed by atoms with van der Waals surface area (Å²) in [4.78, 5) is 0. The van der Waals surface area contributed by atoms with Crippen molar-refractivity contribution in [3.05, 3.63) is 0 Å². The Morgan fingerprint density at radius 1 is 1.00 bits per heavy atom. The molecule has 1 radical (unpaired) electrons. The molecule has 0 saturated carbocycles. The van der Waals surface area contributed by atoms with Crippen molar-refractivity contribution in [3.8, 4) is 0 Å². The van der Waals surface area contributed by atoms with Crippen LogP contribution < -0.4 is 0 Å². The fraction of sp³-hybridized carbons (Fsp3) is 1.00. The molecule has 0 aromatic carbocycles. The van der Waals surface area contributed by atoms with Crippen molar-refractivity contribution >= 4 is 69.6 Å². The van der Waals surface area contributed by atoms with Crippen molar-refractivity contribution in [2.45, 2.75) is 11.6 Å². The summed E-state index contributed by atoms with van der Waals surface area (Å²) in [6.07, 6.45) is 0. The van der Waals surface area contributed by atoms with E-state index >= 15 is 0 Å². The van der Waals surface area contributed by atoms with Crippen LogP contribution in [0.2, 0.25) is 11.6 Å². The van der Waals surface area contributed by atoms with E-state index in [2.05, 4.69) is 11.6 Å². The zero-order valence-electron chi connectivity index (χ0n) is 3.39. The van der Waals surface area contributed by atoms with Crippen LogP contribution in [0.4, 0.5) is 0 Å². The third kappa shape index (κ3) is 35.8. The topological polar surface area (TPSA) is 0 Å². The molecule has 0 aromatic rings. The molecule has 0 saturated heterocycles. The first-order valence-corrected chi connectivity index (χ1v) is 3.46. The summed E-state index contributed by atoms with van der Waals surface area (Å²) in [5.41, 5.74) is 0. The average Bonchev–Trinajstić information content (AvgIpc) is 0.918. The van der Waals surface area contributed by atoms with Crippen molar-refractivity contribution in [1.82, 2.24) is 0 Å². The molecule has 6 heavy (non-hydrogen) atoms. The maximum absolute atomic E-state index is 2.21. The predicted molar refractivity (Wildman–Crippen MR) is 39.1 cm³/mol. The Bertz CT molecular complexity index is 11.5. The number of rotatable bonds is 0. The molecule has 0 spiro atoms. The zero-order valence-corrected chi connectivity index (χ0v) is 6.18. The van der Waals surface area contributed by atoms with Crippen molar-refractivity contribution in [1.29, 1.82) is 0 Å². The second kappa shape index (κ2) is 27.4. The Labute approximate surface area is 80.3 Å². The molecule has 0 unspecified atom stereocenters. The van der Waals surface area contributed by atoms with Gasteiger partial charge in [0, 0.05) is 0 Å². The Kier molecular flexibility index (Phi) is 111. The van der Waals surface area contributed by atoms with Gasteiger partial charge in [0.05, 0.1) is 0 Å². The first-order valence-electron chi connectivity index (χ1n) is 1.15. The number of hydrogen-bond donors (Lipinski definition) is 0. The van der Waals surface area contributed by atoms with Crippen molar-refractivity contribution in [3.63, 3.8) is 0 Å². The first-order chi connectivity index (χ1) is 1.41. The fourth-order valence-corrected chi connectivity index (χ4v) is 0. The van der Waals surface area contributed by atoms with E-state index in [1.807, 2.05) is 0 Å². The van der Waals surface area contributed by atoms with Gasteiger partial charge in [-0.3, -0.25) is 0 Å². The summed E-state index contributed by atoms with van der Waals surface area (Å²) in [5.74, 6) is 4.42. The quantitative estimate of drug-likeness (QED) is 0.456. The fourth-order valence-electron chi connectivity index (χ4n) is 0. The van der Waals surface area contributed by atoms with Gasteiger partial charge in [-0.1, -0.05) is 0 Å². The standard InChI is InChI=1S/2CH3.Al.2ClH.Na.H/h2*1H3;;2*1H;;. The zero-order chi connectivity index (χ0) is 2.71. The maximum atomic E-state index is 2.21. The van der Waals surface area contributed by atoms with Crippen molar-refractivity contribution < 1.29 is 0 Å². The molecule has 0 aliphatic carbocycles. The van der Waals surface area contributed by atoms with Crippen LogP contribution in [0.5, 0.6) is 0 Å². The Morgan fingerprint density at radius 3 is 1.00 bits per heavy atom. The monoisotopic (exact) mass is 153 g/mol. The van der Waals surface area contributed by atoms with E-state index in [4.69, 9.17) is 0 Å². The summed E-state index contributed by atoms with van der Waals surface area (Å²) in [7, 11) is 0. The van der Waals surface area contributed by atoms with Gasteiger partial charge in [-0.2, -0.15) is 0 Å². The van der Waals surface area contributed by atoms with Gasteiger partial charge >= 0.3 is 29.6 Å². The van der Waals surface area contributed by atoms with Crippen LogP contribution in [-0.2, 0) is 0 Å². The summed E-state index contributed by atoms with van der Waals surface area (Å²) in [6.45, 7) is 0. The molecule has 35 valence electrons. The van der Waals surface area contributed by atoms with E-state index in [-0.39, 0.29) is 54.4 Å². The van der Waals surface area contributed by atoms with Crippen LogP contribution in [0.15, 0.2) is 0 Å². The molecule has 0 fully saturated rings. The van der Waals surface area contributed by atoms with Crippen molar-refractivity contribution in [2.75, 3.05) is 0 Å². The van der Waals surface area contributed by atoms with Crippen LogP contribution in [0.1, 0.15) is 0 Å². The van der Waals surface area contributed by atoms with Gasteiger partial charge in [0.1, 0.15) is 0 Å². The second-order valence-electron chi connectivity index (χ2n) is 0.577. The third-order valence-corrected chi connectivity index (χ3v) is 0. The molecule has 0 rings (SSSR count). The van der Waals surface area contributed by atoms with Crippen LogP contribution >= 0.6 is 24.8 Å². The van der Waals surface area contributed by atoms with Crippen LogP contribution in [0.3, 0.4) is 0 Å². The Balaban J connectivity index is -0.00000000667. The molecule has 0 atom stereocenters. The van der Waals surface area contributed by atoms with E-state index in [0.717, 1.165) is 15.2 Å². The minimum atomic E-state index is 0. The molecular weight excluding hydrogens is 145 g/mol. The van der Waals surface area contributed by atoms with Gasteiger partial charge < -0.3 is 0 Å². The summed E-state index contributed by atoms with van der Waals surface area (Å²) >= 11 is 0.750. The van der Waals surface area contributed by atoms with Crippen LogP contribution in [0, 0.1) is 0 Å². The van der Waals surface area contributed by atoms with Gasteiger partial charge in [-0.05, 0) is 0 Å². The van der Waals surface area contributed by atoms with E-state index < -0.39 is 0 Å². The molecule has 0 heterocycles. The van der Waals surface area contributed by atoms with E-state index in [9.17, 15) is 0 Å². The first kappa shape index (κ1) is 24.3. The number of halogens is 2. The normalized spacial score (nSPS) is 2.33. The Hall–Kier alpha value is 2.11. The number of hydrogen-bond acceptors (Lipinski definition) is 0. The predicted octanol–water partition coefficient (Wildman–Crippen LogP) is 0.982. The van der Waals surface area contributed by atoms with Crippen LogP contribution in [0.25, 0.3) is 0 Å². The summed E-state index contributed by atoms with van der Waals surface area (Å²) in [6, 6.07) is 0. The van der Waals surface area contributed by atoms with Gasteiger partial charge in [0.15, 0.2) is 15.2 Å². The molecule has 0 bridgehead atoms. The van der Waals surface area contributed by atoms with E-state index in [1.165, 1.54) is 0 Å². The van der Waals surface area contributed by atoms with Gasteiger partial charge in [-0.15, -0.1) is 36.4 Å². The second-order valence-corrected chi connectivity index (χ2v) is 1.73. The molecule has 0 aliphatic heterocycles. The molecular formula is C2H9AlCl2Na. The molecule has 0 N–H and O–H groups in total. The molecule has 0 aromatic heterocycles. The van der Waals surface area contributed by atoms with Gasteiger partial charge in [-0.25, -0.2) is 0 Å². The van der Waals surface area contributed by atoms with Gasteiger partial charge in [0.25, 0.3) is 0 Å². The molecule has 0 amide bonds. The molecule has 0 nitrogen and oxygen atoms in total. The summed E-state index contributed by atoms with van der Waals surface area (Å²) in [5, 5.41) is 0.